The lowest BCUT2D eigenvalue weighted by atomic mass is 9.83. The van der Waals surface area contributed by atoms with Crippen molar-refractivity contribution in [2.75, 3.05) is 5.75 Å². The fraction of sp³-hybridized carbons (Fsp3) is 1.00. The number of sulfone groups is 1. The average molecular weight is 275 g/mol. The molecule has 0 radical (unpaired) electrons. The molecule has 4 heteroatoms. The van der Waals surface area contributed by atoms with Gasteiger partial charge in [0, 0.05) is 5.54 Å². The summed E-state index contributed by atoms with van der Waals surface area (Å²) in [7, 11) is -3.04. The minimum Gasteiger partial charge on any atom is -0.325 e. The molecule has 0 amide bonds. The van der Waals surface area contributed by atoms with Crippen LogP contribution in [0.4, 0.5) is 0 Å². The van der Waals surface area contributed by atoms with Crippen molar-refractivity contribution in [1.29, 1.82) is 0 Å². The molecule has 0 aliphatic heterocycles. The third-order valence-corrected chi connectivity index (χ3v) is 6.76. The Morgan fingerprint density at radius 3 is 1.89 bits per heavy atom. The normalized spacial score (nSPS) is 22.2. The molecule has 108 valence electrons. The highest BCUT2D eigenvalue weighted by molar-refractivity contribution is 7.92. The molecule has 3 nitrogen and oxygen atoms in total. The second kappa shape index (κ2) is 5.91. The maximum absolute atomic E-state index is 12.1. The molecule has 2 N–H and O–H groups in total. The van der Waals surface area contributed by atoms with Gasteiger partial charge in [-0.3, -0.25) is 0 Å². The third-order valence-electron chi connectivity index (χ3n) is 4.15. The molecule has 0 aromatic rings. The van der Waals surface area contributed by atoms with Gasteiger partial charge in [-0.25, -0.2) is 8.42 Å². The van der Waals surface area contributed by atoms with E-state index >= 15 is 0 Å². The quantitative estimate of drug-likeness (QED) is 0.861. The van der Waals surface area contributed by atoms with Gasteiger partial charge in [0.25, 0.3) is 0 Å². The smallest absolute Gasteiger partial charge is 0.155 e. The molecule has 18 heavy (non-hydrogen) atoms. The Hall–Kier alpha value is -0.0900. The Morgan fingerprint density at radius 1 is 1.00 bits per heavy atom. The minimum absolute atomic E-state index is 0.229. The predicted molar refractivity (Wildman–Crippen MR) is 77.4 cm³/mol. The van der Waals surface area contributed by atoms with Crippen LogP contribution in [0.5, 0.6) is 0 Å². The molecule has 0 aromatic carbocycles. The van der Waals surface area contributed by atoms with E-state index in [1.807, 2.05) is 0 Å². The maximum Gasteiger partial charge on any atom is 0.155 e. The molecule has 1 saturated carbocycles. The van der Waals surface area contributed by atoms with E-state index in [1.54, 1.807) is 20.8 Å². The molecule has 0 spiro atoms. The van der Waals surface area contributed by atoms with Gasteiger partial charge in [-0.2, -0.15) is 0 Å². The zero-order chi connectivity index (χ0) is 13.9. The van der Waals surface area contributed by atoms with Crippen LogP contribution < -0.4 is 5.73 Å². The first-order chi connectivity index (χ1) is 8.16. The van der Waals surface area contributed by atoms with Gasteiger partial charge in [-0.1, -0.05) is 32.1 Å². The molecule has 0 bridgehead atoms. The Balaban J connectivity index is 2.60. The van der Waals surface area contributed by atoms with E-state index in [2.05, 4.69) is 0 Å². The highest BCUT2D eigenvalue weighted by atomic mass is 32.2. The van der Waals surface area contributed by atoms with Crippen molar-refractivity contribution >= 4 is 9.84 Å². The number of hydrogen-bond donors (Lipinski definition) is 1. The summed E-state index contributed by atoms with van der Waals surface area (Å²) < 4.78 is 23.6. The van der Waals surface area contributed by atoms with E-state index < -0.39 is 14.6 Å². The van der Waals surface area contributed by atoms with Gasteiger partial charge in [0.2, 0.25) is 0 Å². The molecule has 0 heterocycles. The lowest BCUT2D eigenvalue weighted by Gasteiger charge is -2.32. The van der Waals surface area contributed by atoms with Gasteiger partial charge in [0.15, 0.2) is 9.84 Å². The van der Waals surface area contributed by atoms with Gasteiger partial charge in [-0.15, -0.1) is 0 Å². The van der Waals surface area contributed by atoms with Crippen LogP contribution in [0.3, 0.4) is 0 Å². The van der Waals surface area contributed by atoms with Crippen LogP contribution >= 0.6 is 0 Å². The summed E-state index contributed by atoms with van der Waals surface area (Å²) in [5, 5.41) is 0. The molecular formula is C14H29NO2S. The van der Waals surface area contributed by atoms with Crippen molar-refractivity contribution in [1.82, 2.24) is 0 Å². The third kappa shape index (κ3) is 4.54. The summed E-state index contributed by atoms with van der Waals surface area (Å²) in [6, 6.07) is 0. The molecule has 1 rings (SSSR count). The van der Waals surface area contributed by atoms with Crippen LogP contribution in [0.15, 0.2) is 0 Å². The van der Waals surface area contributed by atoms with E-state index in [4.69, 9.17) is 5.73 Å². The summed E-state index contributed by atoms with van der Waals surface area (Å²) in [6.07, 6.45) is 8.65. The Bertz CT molecular complexity index is 346. The monoisotopic (exact) mass is 275 g/mol. The standard InChI is InChI=1S/C14H29NO2S/c1-13(2,3)18(16,17)12-11-14(15)9-7-5-4-6-8-10-14/h4-12,15H2,1-3H3. The van der Waals surface area contributed by atoms with Crippen LogP contribution in [0, 0.1) is 0 Å². The van der Waals surface area contributed by atoms with Crippen LogP contribution in [0.1, 0.15) is 72.1 Å². The Kier molecular flexibility index (Phi) is 5.24. The van der Waals surface area contributed by atoms with Crippen molar-refractivity contribution in [3.8, 4) is 0 Å². The van der Waals surface area contributed by atoms with Crippen molar-refractivity contribution in [3.63, 3.8) is 0 Å². The number of nitrogens with two attached hydrogens (primary N) is 1. The Morgan fingerprint density at radius 2 is 1.44 bits per heavy atom. The second-order valence-corrected chi connectivity index (χ2v) is 9.67. The summed E-state index contributed by atoms with van der Waals surface area (Å²) >= 11 is 0. The van der Waals surface area contributed by atoms with Crippen molar-refractivity contribution < 1.29 is 8.42 Å². The van der Waals surface area contributed by atoms with E-state index in [-0.39, 0.29) is 11.3 Å². The summed E-state index contributed by atoms with van der Waals surface area (Å²) in [4.78, 5) is 0. The molecule has 0 aromatic heterocycles. The van der Waals surface area contributed by atoms with Crippen molar-refractivity contribution in [2.24, 2.45) is 5.73 Å². The molecular weight excluding hydrogens is 246 g/mol. The molecule has 0 unspecified atom stereocenters. The molecule has 1 fully saturated rings. The van der Waals surface area contributed by atoms with Crippen LogP contribution in [0.25, 0.3) is 0 Å². The van der Waals surface area contributed by atoms with Crippen molar-refractivity contribution in [2.45, 2.75) is 82.4 Å². The van der Waals surface area contributed by atoms with Gasteiger partial charge >= 0.3 is 0 Å². The number of rotatable bonds is 3. The van der Waals surface area contributed by atoms with Gasteiger partial charge in [0.05, 0.1) is 10.5 Å². The maximum atomic E-state index is 12.1. The van der Waals surface area contributed by atoms with E-state index in [9.17, 15) is 8.42 Å². The average Bonchev–Trinajstić information content (AvgIpc) is 2.20. The topological polar surface area (TPSA) is 60.2 Å². The molecule has 0 atom stereocenters. The first kappa shape index (κ1) is 16.0. The zero-order valence-electron chi connectivity index (χ0n) is 12.2. The van der Waals surface area contributed by atoms with E-state index in [0.29, 0.717) is 6.42 Å². The minimum atomic E-state index is -3.04. The van der Waals surface area contributed by atoms with E-state index in [0.717, 1.165) is 25.7 Å². The van der Waals surface area contributed by atoms with Crippen molar-refractivity contribution in [3.05, 3.63) is 0 Å². The Labute approximate surface area is 112 Å². The summed E-state index contributed by atoms with van der Waals surface area (Å²) in [5.74, 6) is 0.229. The highest BCUT2D eigenvalue weighted by Gasteiger charge is 2.33. The predicted octanol–water partition coefficient (Wildman–Crippen LogP) is 3.03. The first-order valence-electron chi connectivity index (χ1n) is 7.18. The van der Waals surface area contributed by atoms with Gasteiger partial charge < -0.3 is 5.73 Å². The van der Waals surface area contributed by atoms with Crippen LogP contribution in [-0.2, 0) is 9.84 Å². The summed E-state index contributed by atoms with van der Waals surface area (Å²) in [6.45, 7) is 5.30. The second-order valence-electron chi connectivity index (χ2n) is 6.81. The van der Waals surface area contributed by atoms with E-state index in [1.165, 1.54) is 19.3 Å². The van der Waals surface area contributed by atoms with Gasteiger partial charge in [-0.05, 0) is 40.0 Å². The highest BCUT2D eigenvalue weighted by Crippen LogP contribution is 2.29. The number of hydrogen-bond acceptors (Lipinski definition) is 3. The fourth-order valence-electron chi connectivity index (χ4n) is 2.50. The molecule has 0 saturated heterocycles. The molecule has 1 aliphatic carbocycles. The van der Waals surface area contributed by atoms with Gasteiger partial charge in [0.1, 0.15) is 0 Å². The lowest BCUT2D eigenvalue weighted by molar-refractivity contribution is 0.307. The zero-order valence-corrected chi connectivity index (χ0v) is 13.0. The SMILES string of the molecule is CC(C)(C)S(=O)(=O)CCC1(N)CCCCCCC1. The van der Waals surface area contributed by atoms with Crippen LogP contribution in [0.2, 0.25) is 0 Å². The largest absolute Gasteiger partial charge is 0.325 e. The lowest BCUT2D eigenvalue weighted by Crippen LogP contribution is -2.43. The first-order valence-corrected chi connectivity index (χ1v) is 8.83. The summed E-state index contributed by atoms with van der Waals surface area (Å²) in [5.41, 5.74) is 6.16. The fourth-order valence-corrected chi connectivity index (χ4v) is 3.79. The van der Waals surface area contributed by atoms with Crippen LogP contribution in [-0.4, -0.2) is 24.5 Å². The molecule has 1 aliphatic rings.